The van der Waals surface area contributed by atoms with E-state index in [4.69, 9.17) is 39.5 Å². The summed E-state index contributed by atoms with van der Waals surface area (Å²) >= 11 is 17.6. The standard InChI is InChI=1S/C20H12Cl3N3O4S/c21-15-4-1-13(9-16(15)22)30-12-2-5-17-11(7-12)8-18(25-17)20(27)26-31(28,29)14-3-6-19(23)24-10-14/h1-10,25H,(H,26,27). The Balaban J connectivity index is 1.55. The molecule has 4 aromatic rings. The van der Waals surface area contributed by atoms with Crippen molar-refractivity contribution < 1.29 is 17.9 Å². The Morgan fingerprint density at radius 3 is 2.39 bits per heavy atom. The third-order valence-corrected chi connectivity index (χ3v) is 6.48. The summed E-state index contributed by atoms with van der Waals surface area (Å²) in [6.07, 6.45) is 1.07. The highest BCUT2D eigenvalue weighted by Gasteiger charge is 2.20. The van der Waals surface area contributed by atoms with Gasteiger partial charge in [-0.05, 0) is 48.5 Å². The van der Waals surface area contributed by atoms with Gasteiger partial charge in [-0.1, -0.05) is 34.8 Å². The molecule has 0 bridgehead atoms. The summed E-state index contributed by atoms with van der Waals surface area (Å²) in [5.41, 5.74) is 0.685. The van der Waals surface area contributed by atoms with E-state index in [1.54, 1.807) is 36.4 Å². The van der Waals surface area contributed by atoms with Gasteiger partial charge in [-0.25, -0.2) is 18.1 Å². The van der Waals surface area contributed by atoms with Crippen LogP contribution in [0.2, 0.25) is 15.2 Å². The van der Waals surface area contributed by atoms with Crippen LogP contribution in [-0.4, -0.2) is 24.3 Å². The maximum atomic E-state index is 12.5. The average Bonchev–Trinajstić information content (AvgIpc) is 3.14. The molecule has 4 rings (SSSR count). The number of pyridine rings is 1. The molecule has 0 radical (unpaired) electrons. The number of sulfonamides is 1. The van der Waals surface area contributed by atoms with E-state index in [0.29, 0.717) is 32.4 Å². The fraction of sp³-hybridized carbons (Fsp3) is 0. The fourth-order valence-corrected chi connectivity index (χ4v) is 4.04. The van der Waals surface area contributed by atoms with Crippen LogP contribution in [0.1, 0.15) is 10.5 Å². The van der Waals surface area contributed by atoms with E-state index in [-0.39, 0.29) is 15.7 Å². The Kier molecular flexibility index (Phi) is 5.81. The molecule has 2 N–H and O–H groups in total. The maximum absolute atomic E-state index is 12.5. The molecule has 11 heteroatoms. The van der Waals surface area contributed by atoms with Crippen LogP contribution in [0, 0.1) is 0 Å². The van der Waals surface area contributed by atoms with Crippen LogP contribution >= 0.6 is 34.8 Å². The number of nitrogens with one attached hydrogen (secondary N) is 2. The van der Waals surface area contributed by atoms with Crippen molar-refractivity contribution in [2.75, 3.05) is 0 Å². The highest BCUT2D eigenvalue weighted by molar-refractivity contribution is 7.90. The lowest BCUT2D eigenvalue weighted by molar-refractivity contribution is 0.0977. The van der Waals surface area contributed by atoms with Crippen LogP contribution in [0.3, 0.4) is 0 Å². The Labute approximate surface area is 192 Å². The molecule has 0 aliphatic carbocycles. The minimum atomic E-state index is -4.11. The highest BCUT2D eigenvalue weighted by atomic mass is 35.5. The number of ether oxygens (including phenoxy) is 1. The number of H-pyrrole nitrogens is 1. The molecule has 2 aromatic carbocycles. The van der Waals surface area contributed by atoms with Crippen LogP contribution in [0.15, 0.2) is 65.7 Å². The Bertz CT molecular complexity index is 1400. The summed E-state index contributed by atoms with van der Waals surface area (Å²) in [5, 5.41) is 1.56. The predicted molar refractivity (Wildman–Crippen MR) is 119 cm³/mol. The van der Waals surface area contributed by atoms with Crippen molar-refractivity contribution in [2.24, 2.45) is 0 Å². The van der Waals surface area contributed by atoms with Crippen LogP contribution in [0.25, 0.3) is 10.9 Å². The van der Waals surface area contributed by atoms with Gasteiger partial charge in [0.2, 0.25) is 0 Å². The zero-order chi connectivity index (χ0) is 22.2. The Morgan fingerprint density at radius 1 is 0.935 bits per heavy atom. The van der Waals surface area contributed by atoms with E-state index in [1.165, 1.54) is 18.2 Å². The molecule has 2 heterocycles. The molecular formula is C20H12Cl3N3O4S. The molecule has 0 aliphatic heterocycles. The number of hydrogen-bond donors (Lipinski definition) is 2. The first kappa shape index (κ1) is 21.5. The molecule has 0 saturated heterocycles. The molecule has 0 aliphatic rings. The second-order valence-corrected chi connectivity index (χ2v) is 9.25. The lowest BCUT2D eigenvalue weighted by Gasteiger charge is -2.06. The molecule has 0 spiro atoms. The molecule has 0 unspecified atom stereocenters. The van der Waals surface area contributed by atoms with Gasteiger partial charge in [0.25, 0.3) is 15.9 Å². The van der Waals surface area contributed by atoms with Gasteiger partial charge in [0, 0.05) is 23.2 Å². The summed E-state index contributed by atoms with van der Waals surface area (Å²) in [6.45, 7) is 0. The molecule has 7 nitrogen and oxygen atoms in total. The van der Waals surface area contributed by atoms with Crippen LogP contribution in [0.5, 0.6) is 11.5 Å². The van der Waals surface area contributed by atoms with Crippen molar-refractivity contribution in [3.8, 4) is 11.5 Å². The van der Waals surface area contributed by atoms with Gasteiger partial charge in [-0.15, -0.1) is 0 Å². The number of aromatic amines is 1. The number of amides is 1. The molecule has 2 aromatic heterocycles. The highest BCUT2D eigenvalue weighted by Crippen LogP contribution is 2.31. The van der Waals surface area contributed by atoms with Gasteiger partial charge in [-0.2, -0.15) is 0 Å². The molecule has 31 heavy (non-hydrogen) atoms. The number of carbonyl (C=O) groups is 1. The number of halogens is 3. The van der Waals surface area contributed by atoms with Gasteiger partial charge in [0.05, 0.1) is 10.0 Å². The van der Waals surface area contributed by atoms with Crippen molar-refractivity contribution in [1.29, 1.82) is 0 Å². The van der Waals surface area contributed by atoms with E-state index in [0.717, 1.165) is 6.20 Å². The minimum Gasteiger partial charge on any atom is -0.457 e. The quantitative estimate of drug-likeness (QED) is 0.359. The van der Waals surface area contributed by atoms with Crippen molar-refractivity contribution in [3.05, 3.63) is 81.7 Å². The number of hydrogen-bond acceptors (Lipinski definition) is 5. The SMILES string of the molecule is O=C(NS(=O)(=O)c1ccc(Cl)nc1)c1cc2cc(Oc3ccc(Cl)c(Cl)c3)ccc2[nH]1. The molecule has 158 valence electrons. The van der Waals surface area contributed by atoms with E-state index in [9.17, 15) is 13.2 Å². The van der Waals surface area contributed by atoms with Crippen LogP contribution in [-0.2, 0) is 10.0 Å². The predicted octanol–water partition coefficient (Wildman–Crippen LogP) is 5.43. The van der Waals surface area contributed by atoms with E-state index < -0.39 is 15.9 Å². The van der Waals surface area contributed by atoms with Gasteiger partial charge >= 0.3 is 0 Å². The normalized spacial score (nSPS) is 11.5. The number of benzene rings is 2. The van der Waals surface area contributed by atoms with Crippen molar-refractivity contribution in [1.82, 2.24) is 14.7 Å². The van der Waals surface area contributed by atoms with Gasteiger partial charge < -0.3 is 9.72 Å². The van der Waals surface area contributed by atoms with Crippen molar-refractivity contribution >= 4 is 61.6 Å². The van der Waals surface area contributed by atoms with E-state index in [1.807, 2.05) is 4.72 Å². The third kappa shape index (κ3) is 4.77. The third-order valence-electron chi connectivity index (χ3n) is 4.20. The van der Waals surface area contributed by atoms with Gasteiger partial charge in [-0.3, -0.25) is 4.79 Å². The number of carbonyl (C=O) groups excluding carboxylic acids is 1. The largest absolute Gasteiger partial charge is 0.457 e. The van der Waals surface area contributed by atoms with E-state index >= 15 is 0 Å². The second kappa shape index (κ2) is 8.39. The maximum Gasteiger partial charge on any atom is 0.281 e. The van der Waals surface area contributed by atoms with Gasteiger partial charge in [0.1, 0.15) is 27.2 Å². The summed E-state index contributed by atoms with van der Waals surface area (Å²) < 4.78 is 32.5. The number of nitrogens with zero attached hydrogens (tertiary/aromatic N) is 1. The zero-order valence-electron chi connectivity index (χ0n) is 15.4. The summed E-state index contributed by atoms with van der Waals surface area (Å²) in [6, 6.07) is 14.1. The lowest BCUT2D eigenvalue weighted by atomic mass is 10.2. The summed E-state index contributed by atoms with van der Waals surface area (Å²) in [5.74, 6) is 0.166. The van der Waals surface area contributed by atoms with Gasteiger partial charge in [0.15, 0.2) is 0 Å². The summed E-state index contributed by atoms with van der Waals surface area (Å²) in [4.78, 5) is 18.9. The first-order valence-corrected chi connectivity index (χ1v) is 11.3. The monoisotopic (exact) mass is 495 g/mol. The first-order valence-electron chi connectivity index (χ1n) is 8.66. The topological polar surface area (TPSA) is 101 Å². The summed E-state index contributed by atoms with van der Waals surface area (Å²) in [7, 11) is -4.11. The average molecular weight is 497 g/mol. The first-order chi connectivity index (χ1) is 14.7. The van der Waals surface area contributed by atoms with E-state index in [2.05, 4.69) is 9.97 Å². The fourth-order valence-electron chi connectivity index (χ4n) is 2.73. The smallest absolute Gasteiger partial charge is 0.281 e. The Hall–Kier alpha value is -2.78. The number of fused-ring (bicyclic) bond motifs is 1. The number of aromatic nitrogens is 2. The molecule has 0 atom stereocenters. The van der Waals surface area contributed by atoms with Crippen molar-refractivity contribution in [2.45, 2.75) is 4.90 Å². The minimum absolute atomic E-state index is 0.0622. The second-order valence-electron chi connectivity index (χ2n) is 6.36. The van der Waals surface area contributed by atoms with Crippen molar-refractivity contribution in [3.63, 3.8) is 0 Å². The Morgan fingerprint density at radius 2 is 1.68 bits per heavy atom. The molecular weight excluding hydrogens is 485 g/mol. The van der Waals surface area contributed by atoms with Crippen LogP contribution in [0.4, 0.5) is 0 Å². The number of rotatable bonds is 5. The molecule has 1 amide bonds. The van der Waals surface area contributed by atoms with Crippen LogP contribution < -0.4 is 9.46 Å². The molecule has 0 saturated carbocycles. The lowest BCUT2D eigenvalue weighted by Crippen LogP contribution is -2.30. The zero-order valence-corrected chi connectivity index (χ0v) is 18.5. The molecule has 0 fully saturated rings.